The summed E-state index contributed by atoms with van der Waals surface area (Å²) in [5.74, 6) is 1.30. The third kappa shape index (κ3) is 2.53. The van der Waals surface area contributed by atoms with Gasteiger partial charge < -0.3 is 9.47 Å². The molecular formula is C24H22O2. The number of epoxide rings is 1. The molecule has 1 aliphatic heterocycles. The summed E-state index contributed by atoms with van der Waals surface area (Å²) in [6.07, 6.45) is 0.280. The van der Waals surface area contributed by atoms with Crippen LogP contribution < -0.4 is 4.74 Å². The largest absolute Gasteiger partial charge is 0.490 e. The van der Waals surface area contributed by atoms with Gasteiger partial charge in [0, 0.05) is 5.92 Å². The van der Waals surface area contributed by atoms with Crippen molar-refractivity contribution in [1.29, 1.82) is 0 Å². The number of fused-ring (bicyclic) bond motifs is 3. The minimum Gasteiger partial charge on any atom is -0.490 e. The number of rotatable bonds is 4. The van der Waals surface area contributed by atoms with E-state index in [-0.39, 0.29) is 6.10 Å². The molecular weight excluding hydrogens is 320 g/mol. The van der Waals surface area contributed by atoms with Crippen LogP contribution in [0.3, 0.4) is 0 Å². The quantitative estimate of drug-likeness (QED) is 0.473. The van der Waals surface area contributed by atoms with Gasteiger partial charge in [-0.05, 0) is 52.8 Å². The molecule has 0 spiro atoms. The number of hydrogen-bond donors (Lipinski definition) is 0. The molecule has 2 aliphatic rings. The van der Waals surface area contributed by atoms with Crippen LogP contribution in [-0.2, 0) is 4.74 Å². The van der Waals surface area contributed by atoms with E-state index in [9.17, 15) is 0 Å². The molecule has 1 atom stereocenters. The molecule has 3 aromatic rings. The highest BCUT2D eigenvalue weighted by Crippen LogP contribution is 2.48. The topological polar surface area (TPSA) is 21.8 Å². The van der Waals surface area contributed by atoms with Crippen LogP contribution in [0.2, 0.25) is 0 Å². The number of ether oxygens (including phenoxy) is 2. The van der Waals surface area contributed by atoms with E-state index in [1.54, 1.807) is 0 Å². The van der Waals surface area contributed by atoms with E-state index in [0.29, 0.717) is 12.5 Å². The first-order valence-electron chi connectivity index (χ1n) is 9.26. The van der Waals surface area contributed by atoms with Crippen molar-refractivity contribution in [3.05, 3.63) is 88.5 Å². The highest BCUT2D eigenvalue weighted by atomic mass is 16.6. The van der Waals surface area contributed by atoms with Crippen molar-refractivity contribution in [2.24, 2.45) is 0 Å². The average molecular weight is 342 g/mol. The van der Waals surface area contributed by atoms with Crippen molar-refractivity contribution in [3.63, 3.8) is 0 Å². The second-order valence-corrected chi connectivity index (χ2v) is 7.36. The molecule has 1 fully saturated rings. The van der Waals surface area contributed by atoms with Crippen LogP contribution in [0.4, 0.5) is 0 Å². The van der Waals surface area contributed by atoms with E-state index >= 15 is 0 Å². The summed E-state index contributed by atoms with van der Waals surface area (Å²) < 4.78 is 11.3. The lowest BCUT2D eigenvalue weighted by atomic mass is 9.87. The van der Waals surface area contributed by atoms with Gasteiger partial charge in [0.15, 0.2) is 0 Å². The Labute approximate surface area is 154 Å². The first kappa shape index (κ1) is 15.7. The van der Waals surface area contributed by atoms with Crippen LogP contribution in [0, 0.1) is 13.8 Å². The molecule has 2 heteroatoms. The molecule has 130 valence electrons. The van der Waals surface area contributed by atoms with E-state index in [2.05, 4.69) is 74.5 Å². The van der Waals surface area contributed by atoms with E-state index in [0.717, 1.165) is 12.4 Å². The summed E-state index contributed by atoms with van der Waals surface area (Å²) in [6.45, 7) is 5.76. The lowest BCUT2D eigenvalue weighted by Crippen LogP contribution is -2.08. The van der Waals surface area contributed by atoms with Gasteiger partial charge in [-0.2, -0.15) is 0 Å². The highest BCUT2D eigenvalue weighted by Gasteiger charge is 2.30. The zero-order valence-electron chi connectivity index (χ0n) is 15.2. The Morgan fingerprint density at radius 3 is 1.96 bits per heavy atom. The maximum atomic E-state index is 6.02. The Morgan fingerprint density at radius 2 is 1.42 bits per heavy atom. The standard InChI is InChI=1S/C24H22O2/c1-15-11-17(12-16(2)24(15)26-14-18-13-25-18)23-21-9-5-3-7-19(21)20-8-4-6-10-22(20)23/h3-12,18,23H,13-14H2,1-2H3. The zero-order valence-corrected chi connectivity index (χ0v) is 15.2. The molecule has 0 amide bonds. The molecule has 0 aromatic heterocycles. The molecule has 2 nitrogen and oxygen atoms in total. The smallest absolute Gasteiger partial charge is 0.125 e. The highest BCUT2D eigenvalue weighted by molar-refractivity contribution is 5.80. The van der Waals surface area contributed by atoms with Crippen LogP contribution in [0.1, 0.15) is 33.7 Å². The first-order valence-corrected chi connectivity index (χ1v) is 9.26. The maximum Gasteiger partial charge on any atom is 0.125 e. The van der Waals surface area contributed by atoms with Crippen molar-refractivity contribution in [1.82, 2.24) is 0 Å². The fourth-order valence-corrected chi connectivity index (χ4v) is 4.23. The van der Waals surface area contributed by atoms with Crippen LogP contribution in [-0.4, -0.2) is 19.3 Å². The first-order chi connectivity index (χ1) is 12.7. The summed E-state index contributed by atoms with van der Waals surface area (Å²) in [7, 11) is 0. The van der Waals surface area contributed by atoms with Crippen molar-refractivity contribution in [2.75, 3.05) is 13.2 Å². The molecule has 1 aliphatic carbocycles. The Kier molecular flexibility index (Phi) is 3.61. The van der Waals surface area contributed by atoms with Gasteiger partial charge >= 0.3 is 0 Å². The fourth-order valence-electron chi connectivity index (χ4n) is 4.23. The van der Waals surface area contributed by atoms with Gasteiger partial charge in [0.1, 0.15) is 18.5 Å². The summed E-state index contributed by atoms with van der Waals surface area (Å²) in [5.41, 5.74) is 9.24. The maximum absolute atomic E-state index is 6.02. The van der Waals surface area contributed by atoms with Crippen molar-refractivity contribution in [3.8, 4) is 16.9 Å². The van der Waals surface area contributed by atoms with Gasteiger partial charge in [0.05, 0.1) is 6.61 Å². The summed E-state index contributed by atoms with van der Waals surface area (Å²) in [6, 6.07) is 22.1. The van der Waals surface area contributed by atoms with Crippen molar-refractivity contribution < 1.29 is 9.47 Å². The lowest BCUT2D eigenvalue weighted by Gasteiger charge is -2.19. The molecule has 1 heterocycles. The van der Waals surface area contributed by atoms with Gasteiger partial charge in [-0.15, -0.1) is 0 Å². The monoisotopic (exact) mass is 342 g/mol. The van der Waals surface area contributed by atoms with Crippen LogP contribution in [0.15, 0.2) is 60.7 Å². The van der Waals surface area contributed by atoms with E-state index in [1.165, 1.54) is 38.9 Å². The predicted molar refractivity (Wildman–Crippen MR) is 104 cm³/mol. The predicted octanol–water partition coefficient (Wildman–Crippen LogP) is 5.24. The van der Waals surface area contributed by atoms with E-state index in [1.807, 2.05) is 0 Å². The molecule has 0 N–H and O–H groups in total. The van der Waals surface area contributed by atoms with Gasteiger partial charge in [-0.25, -0.2) is 0 Å². The third-order valence-electron chi connectivity index (χ3n) is 5.47. The van der Waals surface area contributed by atoms with Gasteiger partial charge in [0.2, 0.25) is 0 Å². The molecule has 0 bridgehead atoms. The third-order valence-corrected chi connectivity index (χ3v) is 5.47. The number of benzene rings is 3. The summed E-state index contributed by atoms with van der Waals surface area (Å²) >= 11 is 0. The molecule has 0 radical (unpaired) electrons. The Balaban J connectivity index is 1.59. The Bertz CT molecular complexity index is 917. The molecule has 26 heavy (non-hydrogen) atoms. The minimum absolute atomic E-state index is 0.280. The zero-order chi connectivity index (χ0) is 17.7. The van der Waals surface area contributed by atoms with Gasteiger partial charge in [-0.1, -0.05) is 60.7 Å². The van der Waals surface area contributed by atoms with Crippen LogP contribution >= 0.6 is 0 Å². The normalized spacial score (nSPS) is 17.7. The molecule has 1 saturated heterocycles. The molecule has 1 unspecified atom stereocenters. The molecule has 5 rings (SSSR count). The number of hydrogen-bond acceptors (Lipinski definition) is 2. The lowest BCUT2D eigenvalue weighted by molar-refractivity contribution is 0.260. The fraction of sp³-hybridized carbons (Fsp3) is 0.250. The second-order valence-electron chi connectivity index (χ2n) is 7.36. The summed E-state index contributed by atoms with van der Waals surface area (Å²) in [4.78, 5) is 0. The average Bonchev–Trinajstić information content (AvgIpc) is 3.41. The SMILES string of the molecule is Cc1cc(C2c3ccccc3-c3ccccc32)cc(C)c1OCC1CO1. The van der Waals surface area contributed by atoms with Crippen molar-refractivity contribution in [2.45, 2.75) is 25.9 Å². The minimum atomic E-state index is 0.280. The van der Waals surface area contributed by atoms with E-state index < -0.39 is 0 Å². The van der Waals surface area contributed by atoms with Crippen LogP contribution in [0.25, 0.3) is 11.1 Å². The Morgan fingerprint density at radius 1 is 0.885 bits per heavy atom. The molecule has 3 aromatic carbocycles. The van der Waals surface area contributed by atoms with E-state index in [4.69, 9.17) is 9.47 Å². The van der Waals surface area contributed by atoms with Gasteiger partial charge in [0.25, 0.3) is 0 Å². The molecule has 0 saturated carbocycles. The van der Waals surface area contributed by atoms with Crippen molar-refractivity contribution >= 4 is 0 Å². The Hall–Kier alpha value is -2.58. The van der Waals surface area contributed by atoms with Crippen LogP contribution in [0.5, 0.6) is 5.75 Å². The second kappa shape index (κ2) is 6.00. The van der Waals surface area contributed by atoms with Gasteiger partial charge in [-0.3, -0.25) is 0 Å². The number of aryl methyl sites for hydroxylation is 2. The summed E-state index contributed by atoms with van der Waals surface area (Å²) in [5, 5.41) is 0.